The van der Waals surface area contributed by atoms with E-state index in [1.54, 1.807) is 13.8 Å². The van der Waals surface area contributed by atoms with Crippen LogP contribution in [0, 0.1) is 0 Å². The highest BCUT2D eigenvalue weighted by molar-refractivity contribution is 6.07. The largest absolute Gasteiger partial charge is 0.325 e. The molecule has 1 aliphatic heterocycles. The Labute approximate surface area is 132 Å². The van der Waals surface area contributed by atoms with E-state index in [0.717, 1.165) is 11.1 Å². The van der Waals surface area contributed by atoms with Crippen molar-refractivity contribution in [1.29, 1.82) is 0 Å². The summed E-state index contributed by atoms with van der Waals surface area (Å²) >= 11 is 0. The molecule has 0 spiro atoms. The second-order valence-corrected chi connectivity index (χ2v) is 7.23. The van der Waals surface area contributed by atoms with Gasteiger partial charge in [0, 0.05) is 0 Å². The number of nitrogens with zero attached hydrogens (tertiary/aromatic N) is 1. The van der Waals surface area contributed by atoms with Gasteiger partial charge in [-0.15, -0.1) is 0 Å². The van der Waals surface area contributed by atoms with Crippen LogP contribution < -0.4 is 5.32 Å². The van der Waals surface area contributed by atoms with Crippen LogP contribution in [0.2, 0.25) is 0 Å². The number of carbonyl (C=O) groups excluding carboxylic acids is 2. The summed E-state index contributed by atoms with van der Waals surface area (Å²) in [6.07, 6.45) is 0. The maximum Gasteiger partial charge on any atom is 0.325 e. The monoisotopic (exact) mass is 300 g/mol. The molecule has 1 saturated heterocycles. The van der Waals surface area contributed by atoms with Gasteiger partial charge < -0.3 is 5.32 Å². The molecule has 1 fully saturated rings. The first-order valence-electron chi connectivity index (χ1n) is 7.45. The predicted molar refractivity (Wildman–Crippen MR) is 87.6 cm³/mol. The lowest BCUT2D eigenvalue weighted by molar-refractivity contribution is -0.130. The number of hydrogen-bond acceptors (Lipinski definition) is 2. The Morgan fingerprint density at radius 3 is 2.23 bits per heavy atom. The molecule has 1 heterocycles. The van der Waals surface area contributed by atoms with Gasteiger partial charge in [-0.3, -0.25) is 9.69 Å². The van der Waals surface area contributed by atoms with Crippen LogP contribution in [0.15, 0.2) is 36.4 Å². The van der Waals surface area contributed by atoms with Crippen molar-refractivity contribution in [3.05, 3.63) is 47.5 Å². The number of rotatable bonds is 3. The van der Waals surface area contributed by atoms with E-state index in [1.165, 1.54) is 10.5 Å². The zero-order chi connectivity index (χ0) is 16.7. The van der Waals surface area contributed by atoms with E-state index in [1.807, 2.05) is 24.3 Å². The summed E-state index contributed by atoms with van der Waals surface area (Å²) in [7, 11) is 0. The van der Waals surface area contributed by atoms with Gasteiger partial charge in [0.1, 0.15) is 5.54 Å². The van der Waals surface area contributed by atoms with E-state index in [2.05, 4.69) is 32.7 Å². The normalized spacial score (nSPS) is 22.0. The minimum atomic E-state index is -1.01. The molecule has 1 N–H and O–H groups in total. The summed E-state index contributed by atoms with van der Waals surface area (Å²) < 4.78 is 0. The molecule has 2 rings (SSSR count). The van der Waals surface area contributed by atoms with Gasteiger partial charge in [-0.2, -0.15) is 0 Å². The van der Waals surface area contributed by atoms with E-state index in [9.17, 15) is 9.59 Å². The molecule has 1 aromatic rings. The van der Waals surface area contributed by atoms with Crippen LogP contribution in [-0.4, -0.2) is 23.4 Å². The van der Waals surface area contributed by atoms with Crippen LogP contribution in [0.5, 0.6) is 0 Å². The molecule has 22 heavy (non-hydrogen) atoms. The van der Waals surface area contributed by atoms with Crippen molar-refractivity contribution in [2.45, 2.75) is 45.6 Å². The lowest BCUT2D eigenvalue weighted by atomic mass is 9.84. The van der Waals surface area contributed by atoms with Crippen molar-refractivity contribution in [2.75, 3.05) is 6.54 Å². The van der Waals surface area contributed by atoms with Crippen molar-refractivity contribution in [3.8, 4) is 0 Å². The summed E-state index contributed by atoms with van der Waals surface area (Å²) in [6.45, 7) is 14.0. The summed E-state index contributed by atoms with van der Waals surface area (Å²) in [5, 5.41) is 2.81. The van der Waals surface area contributed by atoms with E-state index >= 15 is 0 Å². The van der Waals surface area contributed by atoms with Gasteiger partial charge in [0.2, 0.25) is 0 Å². The van der Waals surface area contributed by atoms with E-state index in [-0.39, 0.29) is 23.9 Å². The first kappa shape index (κ1) is 16.3. The van der Waals surface area contributed by atoms with Crippen molar-refractivity contribution in [2.24, 2.45) is 0 Å². The fourth-order valence-electron chi connectivity index (χ4n) is 2.61. The summed E-state index contributed by atoms with van der Waals surface area (Å²) in [6, 6.07) is 7.50. The van der Waals surface area contributed by atoms with E-state index in [0.29, 0.717) is 0 Å². The average Bonchev–Trinajstić information content (AvgIpc) is 2.62. The average molecular weight is 300 g/mol. The number of imide groups is 1. The molecule has 1 atom stereocenters. The fourth-order valence-corrected chi connectivity index (χ4v) is 2.61. The first-order valence-corrected chi connectivity index (χ1v) is 7.45. The topological polar surface area (TPSA) is 49.4 Å². The van der Waals surface area contributed by atoms with Crippen LogP contribution in [0.4, 0.5) is 4.79 Å². The molecule has 1 unspecified atom stereocenters. The van der Waals surface area contributed by atoms with Crippen molar-refractivity contribution in [1.82, 2.24) is 10.2 Å². The Morgan fingerprint density at radius 1 is 1.23 bits per heavy atom. The van der Waals surface area contributed by atoms with Crippen molar-refractivity contribution in [3.63, 3.8) is 0 Å². The van der Waals surface area contributed by atoms with Gasteiger partial charge in [0.25, 0.3) is 5.91 Å². The number of benzene rings is 1. The lowest BCUT2D eigenvalue weighted by Gasteiger charge is -2.24. The van der Waals surface area contributed by atoms with Gasteiger partial charge in [0.05, 0.1) is 6.54 Å². The van der Waals surface area contributed by atoms with Crippen LogP contribution in [-0.2, 0) is 15.7 Å². The number of hydrogen-bond donors (Lipinski definition) is 1. The number of urea groups is 1. The van der Waals surface area contributed by atoms with Crippen molar-refractivity contribution < 1.29 is 9.59 Å². The van der Waals surface area contributed by atoms with Gasteiger partial charge >= 0.3 is 6.03 Å². The summed E-state index contributed by atoms with van der Waals surface area (Å²) in [4.78, 5) is 26.0. The third-order valence-electron chi connectivity index (χ3n) is 4.03. The Morgan fingerprint density at radius 2 is 1.77 bits per heavy atom. The zero-order valence-electron chi connectivity index (χ0n) is 14.0. The molecule has 0 saturated carbocycles. The zero-order valence-corrected chi connectivity index (χ0v) is 14.0. The molecule has 0 bridgehead atoms. The SMILES string of the molecule is C=C(C)CN1C(=O)NC(C)(c2ccc(C(C)(C)C)cc2)C1=O. The highest BCUT2D eigenvalue weighted by atomic mass is 16.2. The number of nitrogens with one attached hydrogen (secondary N) is 1. The van der Waals surface area contributed by atoms with Crippen molar-refractivity contribution >= 4 is 11.9 Å². The molecule has 1 aromatic carbocycles. The first-order chi connectivity index (χ1) is 10.1. The molecule has 4 heteroatoms. The third kappa shape index (κ3) is 2.78. The Balaban J connectivity index is 2.33. The Bertz CT molecular complexity index is 625. The molecular formula is C18H24N2O2. The molecule has 3 amide bonds. The second kappa shape index (κ2) is 5.27. The standard InChI is InChI=1S/C18H24N2O2/c1-12(2)11-20-15(21)18(6,19-16(20)22)14-9-7-13(8-10-14)17(3,4)5/h7-10H,1,11H2,2-6H3,(H,19,22). The van der Waals surface area contributed by atoms with Crippen LogP contribution in [0.1, 0.15) is 45.7 Å². The Hall–Kier alpha value is -2.10. The van der Waals surface area contributed by atoms with Gasteiger partial charge in [-0.25, -0.2) is 4.79 Å². The molecule has 0 aliphatic carbocycles. The molecule has 4 nitrogen and oxygen atoms in total. The quantitative estimate of drug-likeness (QED) is 0.687. The number of carbonyl (C=O) groups is 2. The highest BCUT2D eigenvalue weighted by Crippen LogP contribution is 2.31. The van der Waals surface area contributed by atoms with E-state index < -0.39 is 5.54 Å². The molecule has 0 aromatic heterocycles. The smallest absolute Gasteiger partial charge is 0.319 e. The second-order valence-electron chi connectivity index (χ2n) is 7.23. The summed E-state index contributed by atoms with van der Waals surface area (Å²) in [5.74, 6) is -0.232. The van der Waals surface area contributed by atoms with E-state index in [4.69, 9.17) is 0 Å². The molecule has 1 aliphatic rings. The third-order valence-corrected chi connectivity index (χ3v) is 4.03. The summed E-state index contributed by atoms with van der Waals surface area (Å²) in [5.41, 5.74) is 1.80. The van der Waals surface area contributed by atoms with Gasteiger partial charge in [-0.1, -0.05) is 57.2 Å². The number of amides is 3. The predicted octanol–water partition coefficient (Wildman–Crippen LogP) is 3.33. The van der Waals surface area contributed by atoms with Crippen LogP contribution >= 0.6 is 0 Å². The molecular weight excluding hydrogens is 276 g/mol. The minimum absolute atomic E-state index is 0.0500. The maximum atomic E-state index is 12.7. The molecule has 118 valence electrons. The fraction of sp³-hybridized carbons (Fsp3) is 0.444. The van der Waals surface area contributed by atoms with Gasteiger partial charge in [-0.05, 0) is 30.4 Å². The van der Waals surface area contributed by atoms with Crippen LogP contribution in [0.3, 0.4) is 0 Å². The Kier molecular flexibility index (Phi) is 3.90. The van der Waals surface area contributed by atoms with Crippen LogP contribution in [0.25, 0.3) is 0 Å². The highest BCUT2D eigenvalue weighted by Gasteiger charge is 2.48. The maximum absolute atomic E-state index is 12.7. The molecule has 0 radical (unpaired) electrons. The lowest BCUT2D eigenvalue weighted by Crippen LogP contribution is -2.41. The minimum Gasteiger partial charge on any atom is -0.319 e. The van der Waals surface area contributed by atoms with Gasteiger partial charge in [0.15, 0.2) is 0 Å².